The van der Waals surface area contributed by atoms with Crippen molar-refractivity contribution in [2.45, 2.75) is 19.4 Å². The van der Waals surface area contributed by atoms with Gasteiger partial charge in [-0.1, -0.05) is 52.7 Å². The quantitative estimate of drug-likeness (QED) is 0.782. The molecule has 0 spiro atoms. The zero-order valence-corrected chi connectivity index (χ0v) is 13.5. The lowest BCUT2D eigenvalue weighted by Crippen LogP contribution is -2.23. The first-order chi connectivity index (χ1) is 9.60. The zero-order valence-electron chi connectivity index (χ0n) is 11.2. The number of nitrogens with one attached hydrogen (secondary N) is 1. The third kappa shape index (κ3) is 4.05. The van der Waals surface area contributed by atoms with Crippen LogP contribution >= 0.6 is 27.5 Å². The number of hydrogen-bond acceptors (Lipinski definition) is 1. The summed E-state index contributed by atoms with van der Waals surface area (Å²) in [4.78, 5) is 0. The van der Waals surface area contributed by atoms with Crippen molar-refractivity contribution in [1.82, 2.24) is 5.32 Å². The first kappa shape index (κ1) is 15.5. The maximum Gasteiger partial charge on any atom is 0.124 e. The fraction of sp³-hybridized carbons (Fsp3) is 0.250. The van der Waals surface area contributed by atoms with Crippen LogP contribution in [0.5, 0.6) is 0 Å². The minimum atomic E-state index is -0.239. The predicted molar refractivity (Wildman–Crippen MR) is 85.7 cm³/mol. The molecule has 1 nitrogen and oxygen atoms in total. The van der Waals surface area contributed by atoms with E-state index in [1.165, 1.54) is 6.07 Å². The summed E-state index contributed by atoms with van der Waals surface area (Å²) in [6.45, 7) is 2.84. The molecule has 106 valence electrons. The van der Waals surface area contributed by atoms with E-state index < -0.39 is 0 Å². The molecule has 0 bridgehead atoms. The summed E-state index contributed by atoms with van der Waals surface area (Å²) >= 11 is 9.55. The Morgan fingerprint density at radius 1 is 1.25 bits per heavy atom. The summed E-state index contributed by atoms with van der Waals surface area (Å²) in [5.41, 5.74) is 1.97. The lowest BCUT2D eigenvalue weighted by Gasteiger charge is -2.19. The second-order valence-electron chi connectivity index (χ2n) is 4.61. The summed E-state index contributed by atoms with van der Waals surface area (Å²) in [5.74, 6) is -0.239. The lowest BCUT2D eigenvalue weighted by molar-refractivity contribution is 0.542. The molecule has 2 aromatic carbocycles. The summed E-state index contributed by atoms with van der Waals surface area (Å²) < 4.78 is 14.3. The van der Waals surface area contributed by atoms with E-state index in [0.29, 0.717) is 0 Å². The van der Waals surface area contributed by atoms with Gasteiger partial charge in [0.15, 0.2) is 0 Å². The SMILES string of the molecule is CCNC(Cc1ccccc1Cl)c1cc(F)cc(Br)c1. The van der Waals surface area contributed by atoms with Crippen LogP contribution in [0.2, 0.25) is 5.02 Å². The Bertz CT molecular complexity index is 568. The molecular weight excluding hydrogens is 341 g/mol. The molecule has 0 radical (unpaired) electrons. The van der Waals surface area contributed by atoms with Crippen LogP contribution < -0.4 is 5.32 Å². The molecule has 0 aromatic heterocycles. The summed E-state index contributed by atoms with van der Waals surface area (Å²) in [6, 6.07) is 12.7. The average molecular weight is 357 g/mol. The van der Waals surface area contributed by atoms with Crippen LogP contribution in [-0.2, 0) is 6.42 Å². The first-order valence-electron chi connectivity index (χ1n) is 6.53. The maximum atomic E-state index is 13.6. The molecule has 0 heterocycles. The van der Waals surface area contributed by atoms with Gasteiger partial charge in [-0.2, -0.15) is 0 Å². The Hall–Kier alpha value is -0.900. The summed E-state index contributed by atoms with van der Waals surface area (Å²) in [7, 11) is 0. The van der Waals surface area contributed by atoms with Crippen LogP contribution in [0.3, 0.4) is 0 Å². The number of halogens is 3. The number of hydrogen-bond donors (Lipinski definition) is 1. The number of likely N-dealkylation sites (N-methyl/N-ethyl adjacent to an activating group) is 1. The van der Waals surface area contributed by atoms with E-state index in [4.69, 9.17) is 11.6 Å². The standard InChI is InChI=1S/C16H16BrClFN/c1-2-20-16(9-11-5-3-4-6-15(11)18)12-7-13(17)10-14(19)8-12/h3-8,10,16,20H,2,9H2,1H3. The van der Waals surface area contributed by atoms with Gasteiger partial charge in [0.25, 0.3) is 0 Å². The van der Waals surface area contributed by atoms with Crippen LogP contribution in [0.1, 0.15) is 24.1 Å². The molecule has 0 amide bonds. The van der Waals surface area contributed by atoms with E-state index in [2.05, 4.69) is 21.2 Å². The van der Waals surface area contributed by atoms with Crippen molar-refractivity contribution in [3.05, 3.63) is 68.9 Å². The fourth-order valence-corrected chi connectivity index (χ4v) is 2.91. The minimum Gasteiger partial charge on any atom is -0.310 e. The van der Waals surface area contributed by atoms with E-state index in [1.54, 1.807) is 6.07 Å². The first-order valence-corrected chi connectivity index (χ1v) is 7.70. The van der Waals surface area contributed by atoms with Crippen molar-refractivity contribution in [2.75, 3.05) is 6.54 Å². The van der Waals surface area contributed by atoms with Gasteiger partial charge in [-0.05, 0) is 48.4 Å². The van der Waals surface area contributed by atoms with Gasteiger partial charge >= 0.3 is 0 Å². The van der Waals surface area contributed by atoms with Gasteiger partial charge in [0.1, 0.15) is 5.82 Å². The topological polar surface area (TPSA) is 12.0 Å². The van der Waals surface area contributed by atoms with Crippen molar-refractivity contribution in [3.8, 4) is 0 Å². The van der Waals surface area contributed by atoms with Crippen LogP contribution in [-0.4, -0.2) is 6.54 Å². The maximum absolute atomic E-state index is 13.6. The Kier molecular flexibility index (Phi) is 5.58. The second-order valence-corrected chi connectivity index (χ2v) is 5.93. The molecule has 0 fully saturated rings. The molecule has 0 aliphatic rings. The van der Waals surface area contributed by atoms with Gasteiger partial charge in [-0.15, -0.1) is 0 Å². The lowest BCUT2D eigenvalue weighted by atomic mass is 9.98. The van der Waals surface area contributed by atoms with Gasteiger partial charge in [0.2, 0.25) is 0 Å². The van der Waals surface area contributed by atoms with Crippen molar-refractivity contribution >= 4 is 27.5 Å². The Morgan fingerprint density at radius 2 is 2.00 bits per heavy atom. The largest absolute Gasteiger partial charge is 0.310 e. The van der Waals surface area contributed by atoms with Gasteiger partial charge in [-0.25, -0.2) is 4.39 Å². The molecule has 0 aliphatic carbocycles. The van der Waals surface area contributed by atoms with Crippen LogP contribution in [0.25, 0.3) is 0 Å². The van der Waals surface area contributed by atoms with Crippen LogP contribution in [0.4, 0.5) is 4.39 Å². The molecule has 20 heavy (non-hydrogen) atoms. The monoisotopic (exact) mass is 355 g/mol. The highest BCUT2D eigenvalue weighted by Gasteiger charge is 2.14. The predicted octanol–water partition coefficient (Wildman–Crippen LogP) is 5.13. The second kappa shape index (κ2) is 7.21. The third-order valence-electron chi connectivity index (χ3n) is 3.12. The molecule has 0 aliphatic heterocycles. The molecule has 1 unspecified atom stereocenters. The molecular formula is C16H16BrClFN. The molecule has 0 saturated heterocycles. The van der Waals surface area contributed by atoms with E-state index in [0.717, 1.165) is 33.6 Å². The van der Waals surface area contributed by atoms with E-state index in [-0.39, 0.29) is 11.9 Å². The molecule has 4 heteroatoms. The molecule has 2 aromatic rings. The highest BCUT2D eigenvalue weighted by Crippen LogP contribution is 2.26. The molecule has 0 saturated carbocycles. The Balaban J connectivity index is 2.29. The van der Waals surface area contributed by atoms with Gasteiger partial charge < -0.3 is 5.32 Å². The van der Waals surface area contributed by atoms with Crippen LogP contribution in [0, 0.1) is 5.82 Å². The number of rotatable bonds is 5. The van der Waals surface area contributed by atoms with Gasteiger partial charge in [0, 0.05) is 15.5 Å². The van der Waals surface area contributed by atoms with E-state index in [1.807, 2.05) is 37.3 Å². The highest BCUT2D eigenvalue weighted by molar-refractivity contribution is 9.10. The van der Waals surface area contributed by atoms with E-state index >= 15 is 0 Å². The molecule has 1 N–H and O–H groups in total. The molecule has 1 atom stereocenters. The average Bonchev–Trinajstić information content (AvgIpc) is 2.39. The Morgan fingerprint density at radius 3 is 2.65 bits per heavy atom. The van der Waals surface area contributed by atoms with Gasteiger partial charge in [-0.3, -0.25) is 0 Å². The van der Waals surface area contributed by atoms with Gasteiger partial charge in [0.05, 0.1) is 0 Å². The van der Waals surface area contributed by atoms with Crippen LogP contribution in [0.15, 0.2) is 46.9 Å². The zero-order chi connectivity index (χ0) is 14.5. The van der Waals surface area contributed by atoms with Crippen molar-refractivity contribution < 1.29 is 4.39 Å². The summed E-state index contributed by atoms with van der Waals surface area (Å²) in [5, 5.41) is 4.12. The summed E-state index contributed by atoms with van der Waals surface area (Å²) in [6.07, 6.45) is 0.726. The van der Waals surface area contributed by atoms with Crippen molar-refractivity contribution in [3.63, 3.8) is 0 Å². The van der Waals surface area contributed by atoms with Crippen molar-refractivity contribution in [2.24, 2.45) is 0 Å². The molecule has 2 rings (SSSR count). The fourth-order valence-electron chi connectivity index (χ4n) is 2.21. The Labute approximate surface area is 132 Å². The minimum absolute atomic E-state index is 0.0342. The number of benzene rings is 2. The smallest absolute Gasteiger partial charge is 0.124 e. The normalized spacial score (nSPS) is 12.4. The third-order valence-corrected chi connectivity index (χ3v) is 3.95. The van der Waals surface area contributed by atoms with Crippen molar-refractivity contribution in [1.29, 1.82) is 0 Å². The van der Waals surface area contributed by atoms with E-state index in [9.17, 15) is 4.39 Å². The highest BCUT2D eigenvalue weighted by atomic mass is 79.9.